The molecule has 0 bridgehead atoms. The standard InChI is InChI=1S/C20H30N2O2/c1-5-6-7-12-21-18(23)16-13-17(16)19(24)22-15-10-8-14(9-11-15)20(2,3)4/h8-11,16-17H,5-7,12-13H2,1-4H3,(H,21,23)(H,22,24). The third-order valence-electron chi connectivity index (χ3n) is 4.56. The topological polar surface area (TPSA) is 58.2 Å². The summed E-state index contributed by atoms with van der Waals surface area (Å²) < 4.78 is 0. The molecular weight excluding hydrogens is 300 g/mol. The van der Waals surface area contributed by atoms with E-state index < -0.39 is 0 Å². The Hall–Kier alpha value is -1.84. The number of rotatable bonds is 7. The maximum absolute atomic E-state index is 12.3. The van der Waals surface area contributed by atoms with E-state index in [2.05, 4.69) is 38.3 Å². The number of anilines is 1. The van der Waals surface area contributed by atoms with Crippen LogP contribution in [0.5, 0.6) is 0 Å². The van der Waals surface area contributed by atoms with E-state index in [-0.39, 0.29) is 29.1 Å². The average molecular weight is 330 g/mol. The monoisotopic (exact) mass is 330 g/mol. The van der Waals surface area contributed by atoms with Gasteiger partial charge >= 0.3 is 0 Å². The Morgan fingerprint density at radius 1 is 1.04 bits per heavy atom. The number of carbonyl (C=O) groups is 2. The van der Waals surface area contributed by atoms with Gasteiger partial charge in [-0.05, 0) is 36.0 Å². The molecule has 132 valence electrons. The summed E-state index contributed by atoms with van der Waals surface area (Å²) in [5, 5.41) is 5.86. The first-order chi connectivity index (χ1) is 11.3. The van der Waals surface area contributed by atoms with Gasteiger partial charge in [-0.25, -0.2) is 0 Å². The highest BCUT2D eigenvalue weighted by Crippen LogP contribution is 2.39. The third kappa shape index (κ3) is 5.08. The summed E-state index contributed by atoms with van der Waals surface area (Å²) in [6.45, 7) is 9.33. The minimum absolute atomic E-state index is 0.0225. The molecule has 1 aliphatic carbocycles. The highest BCUT2D eigenvalue weighted by molar-refractivity contribution is 5.99. The number of hydrogen-bond donors (Lipinski definition) is 2. The molecule has 1 aromatic carbocycles. The van der Waals surface area contributed by atoms with Crippen molar-refractivity contribution in [2.24, 2.45) is 11.8 Å². The Morgan fingerprint density at radius 2 is 1.67 bits per heavy atom. The zero-order valence-electron chi connectivity index (χ0n) is 15.3. The molecule has 1 fully saturated rings. The van der Waals surface area contributed by atoms with Crippen molar-refractivity contribution >= 4 is 17.5 Å². The number of nitrogens with one attached hydrogen (secondary N) is 2. The maximum Gasteiger partial charge on any atom is 0.228 e. The molecule has 2 N–H and O–H groups in total. The van der Waals surface area contributed by atoms with E-state index in [1.165, 1.54) is 5.56 Å². The van der Waals surface area contributed by atoms with Crippen molar-refractivity contribution in [3.8, 4) is 0 Å². The molecular formula is C20H30N2O2. The fourth-order valence-electron chi connectivity index (χ4n) is 2.78. The summed E-state index contributed by atoms with van der Waals surface area (Å²) in [7, 11) is 0. The van der Waals surface area contributed by atoms with E-state index in [9.17, 15) is 9.59 Å². The normalized spacial score (nSPS) is 19.7. The number of unbranched alkanes of at least 4 members (excludes halogenated alkanes) is 2. The van der Waals surface area contributed by atoms with E-state index in [4.69, 9.17) is 0 Å². The van der Waals surface area contributed by atoms with Gasteiger partial charge in [0, 0.05) is 12.2 Å². The van der Waals surface area contributed by atoms with Crippen molar-refractivity contribution in [2.45, 2.75) is 58.8 Å². The lowest BCUT2D eigenvalue weighted by molar-refractivity contribution is -0.125. The molecule has 2 amide bonds. The molecule has 2 atom stereocenters. The number of hydrogen-bond acceptors (Lipinski definition) is 2. The quantitative estimate of drug-likeness (QED) is 0.746. The number of carbonyl (C=O) groups excluding carboxylic acids is 2. The average Bonchev–Trinajstić information content (AvgIpc) is 3.32. The first kappa shape index (κ1) is 18.5. The lowest BCUT2D eigenvalue weighted by Crippen LogP contribution is -2.28. The molecule has 2 unspecified atom stereocenters. The molecule has 0 radical (unpaired) electrons. The molecule has 0 saturated heterocycles. The van der Waals surface area contributed by atoms with Gasteiger partial charge < -0.3 is 10.6 Å². The summed E-state index contributed by atoms with van der Waals surface area (Å²) >= 11 is 0. The third-order valence-corrected chi connectivity index (χ3v) is 4.56. The van der Waals surface area contributed by atoms with Gasteiger partial charge in [-0.1, -0.05) is 52.7 Å². The molecule has 1 aromatic rings. The SMILES string of the molecule is CCCCCNC(=O)C1CC1C(=O)Nc1ccc(C(C)(C)C)cc1. The second-order valence-corrected chi connectivity index (χ2v) is 7.76. The highest BCUT2D eigenvalue weighted by atomic mass is 16.2. The zero-order valence-corrected chi connectivity index (χ0v) is 15.3. The van der Waals surface area contributed by atoms with Gasteiger partial charge in [-0.15, -0.1) is 0 Å². The van der Waals surface area contributed by atoms with Gasteiger partial charge in [0.2, 0.25) is 11.8 Å². The predicted molar refractivity (Wildman–Crippen MR) is 97.9 cm³/mol. The number of amides is 2. The highest BCUT2D eigenvalue weighted by Gasteiger charge is 2.47. The smallest absolute Gasteiger partial charge is 0.228 e. The molecule has 0 aromatic heterocycles. The summed E-state index contributed by atoms with van der Waals surface area (Å²) in [6.07, 6.45) is 3.93. The summed E-state index contributed by atoms with van der Waals surface area (Å²) in [5.74, 6) is -0.361. The first-order valence-corrected chi connectivity index (χ1v) is 9.02. The second-order valence-electron chi connectivity index (χ2n) is 7.76. The van der Waals surface area contributed by atoms with Crippen LogP contribution in [0.4, 0.5) is 5.69 Å². The minimum Gasteiger partial charge on any atom is -0.356 e. The van der Waals surface area contributed by atoms with Gasteiger partial charge in [0.15, 0.2) is 0 Å². The summed E-state index contributed by atoms with van der Waals surface area (Å²) in [4.78, 5) is 24.3. The molecule has 1 aliphatic rings. The van der Waals surface area contributed by atoms with E-state index >= 15 is 0 Å². The summed E-state index contributed by atoms with van der Waals surface area (Å²) in [5.41, 5.74) is 2.12. The zero-order chi connectivity index (χ0) is 17.7. The van der Waals surface area contributed by atoms with Crippen molar-refractivity contribution in [1.82, 2.24) is 5.32 Å². The molecule has 4 nitrogen and oxygen atoms in total. The van der Waals surface area contributed by atoms with Crippen LogP contribution in [-0.2, 0) is 15.0 Å². The molecule has 2 rings (SSSR count). The van der Waals surface area contributed by atoms with E-state index in [0.29, 0.717) is 13.0 Å². The minimum atomic E-state index is -0.182. The number of benzene rings is 1. The molecule has 0 aliphatic heterocycles. The van der Waals surface area contributed by atoms with Gasteiger partial charge in [-0.2, -0.15) is 0 Å². The van der Waals surface area contributed by atoms with Crippen molar-refractivity contribution in [1.29, 1.82) is 0 Å². The van der Waals surface area contributed by atoms with E-state index in [0.717, 1.165) is 24.9 Å². The van der Waals surface area contributed by atoms with E-state index in [1.807, 2.05) is 24.3 Å². The summed E-state index contributed by atoms with van der Waals surface area (Å²) in [6, 6.07) is 7.95. The van der Waals surface area contributed by atoms with Crippen LogP contribution >= 0.6 is 0 Å². The van der Waals surface area contributed by atoms with E-state index in [1.54, 1.807) is 0 Å². The predicted octanol–water partition coefficient (Wildman–Crippen LogP) is 3.87. The van der Waals surface area contributed by atoms with Crippen molar-refractivity contribution in [3.63, 3.8) is 0 Å². The molecule has 0 spiro atoms. The Balaban J connectivity index is 1.79. The van der Waals surface area contributed by atoms with Crippen LogP contribution in [0.3, 0.4) is 0 Å². The Labute approximate surface area is 145 Å². The largest absolute Gasteiger partial charge is 0.356 e. The van der Waals surface area contributed by atoms with Gasteiger partial charge in [0.25, 0.3) is 0 Å². The van der Waals surface area contributed by atoms with Crippen LogP contribution in [0.15, 0.2) is 24.3 Å². The lowest BCUT2D eigenvalue weighted by Gasteiger charge is -2.19. The van der Waals surface area contributed by atoms with Crippen LogP contribution in [0, 0.1) is 11.8 Å². The Morgan fingerprint density at radius 3 is 2.25 bits per heavy atom. The molecule has 24 heavy (non-hydrogen) atoms. The fraction of sp³-hybridized carbons (Fsp3) is 0.600. The first-order valence-electron chi connectivity index (χ1n) is 9.02. The molecule has 0 heterocycles. The fourth-order valence-corrected chi connectivity index (χ4v) is 2.78. The van der Waals surface area contributed by atoms with Crippen molar-refractivity contribution < 1.29 is 9.59 Å². The van der Waals surface area contributed by atoms with Gasteiger partial charge in [-0.3, -0.25) is 9.59 Å². The maximum atomic E-state index is 12.3. The second kappa shape index (κ2) is 7.82. The van der Waals surface area contributed by atoms with Gasteiger partial charge in [0.1, 0.15) is 0 Å². The van der Waals surface area contributed by atoms with Crippen molar-refractivity contribution in [2.75, 3.05) is 11.9 Å². The van der Waals surface area contributed by atoms with Crippen molar-refractivity contribution in [3.05, 3.63) is 29.8 Å². The van der Waals surface area contributed by atoms with Crippen LogP contribution in [-0.4, -0.2) is 18.4 Å². The van der Waals surface area contributed by atoms with Crippen LogP contribution < -0.4 is 10.6 Å². The molecule has 1 saturated carbocycles. The van der Waals surface area contributed by atoms with Crippen LogP contribution in [0.25, 0.3) is 0 Å². The Bertz CT molecular complexity index is 572. The van der Waals surface area contributed by atoms with Crippen LogP contribution in [0.1, 0.15) is 58.9 Å². The van der Waals surface area contributed by atoms with Crippen LogP contribution in [0.2, 0.25) is 0 Å². The Kier molecular flexibility index (Phi) is 6.03. The van der Waals surface area contributed by atoms with Gasteiger partial charge in [0.05, 0.1) is 11.8 Å². The molecule has 4 heteroatoms. The lowest BCUT2D eigenvalue weighted by atomic mass is 9.87.